The average Bonchev–Trinajstić information content (AvgIpc) is 2.61. The maximum atomic E-state index is 12.7. The van der Waals surface area contributed by atoms with Gasteiger partial charge in [0.05, 0.1) is 5.56 Å². The summed E-state index contributed by atoms with van der Waals surface area (Å²) < 4.78 is 38.0. The lowest BCUT2D eigenvalue weighted by Gasteiger charge is -2.16. The molecule has 5 heteroatoms. The Morgan fingerprint density at radius 1 is 1.08 bits per heavy atom. The summed E-state index contributed by atoms with van der Waals surface area (Å²) in [4.78, 5) is 12.7. The van der Waals surface area contributed by atoms with Crippen LogP contribution >= 0.6 is 0 Å². The number of carbonyl (C=O) groups excluding carboxylic acids is 1. The lowest BCUT2D eigenvalue weighted by Crippen LogP contribution is -2.13. The molecule has 0 saturated carbocycles. The normalized spacial score (nSPS) is 13.6. The van der Waals surface area contributed by atoms with Crippen molar-refractivity contribution in [1.29, 1.82) is 0 Å². The molecule has 1 N–H and O–H groups in total. The highest BCUT2D eigenvalue weighted by Gasteiger charge is 2.30. The summed E-state index contributed by atoms with van der Waals surface area (Å²) in [5.41, 5.74) is 0.0557. The molecule has 1 atom stereocenters. The second-order valence-electron chi connectivity index (χ2n) is 5.67. The third kappa shape index (κ3) is 4.79. The van der Waals surface area contributed by atoms with E-state index in [4.69, 9.17) is 0 Å². The molecule has 2 aromatic rings. The van der Waals surface area contributed by atoms with Crippen molar-refractivity contribution in [2.24, 2.45) is 0 Å². The summed E-state index contributed by atoms with van der Waals surface area (Å²) in [7, 11) is 0. The highest BCUT2D eigenvalue weighted by Crippen LogP contribution is 2.31. The van der Waals surface area contributed by atoms with Gasteiger partial charge in [-0.05, 0) is 24.1 Å². The Hall–Kier alpha value is -2.40. The lowest BCUT2D eigenvalue weighted by molar-refractivity contribution is -0.137. The monoisotopic (exact) mass is 348 g/mol. The number of hydrogen-bond donors (Lipinski definition) is 1. The van der Waals surface area contributed by atoms with Crippen LogP contribution in [0.3, 0.4) is 0 Å². The van der Waals surface area contributed by atoms with E-state index in [1.807, 2.05) is 6.92 Å². The minimum atomic E-state index is -4.44. The number of halogens is 3. The van der Waals surface area contributed by atoms with E-state index < -0.39 is 17.8 Å². The predicted molar refractivity (Wildman–Crippen MR) is 90.2 cm³/mol. The van der Waals surface area contributed by atoms with Gasteiger partial charge in [-0.3, -0.25) is 4.79 Å². The number of alkyl halides is 3. The first kappa shape index (κ1) is 18.9. The van der Waals surface area contributed by atoms with Crippen LogP contribution in [0.15, 0.2) is 66.2 Å². The minimum absolute atomic E-state index is 0.174. The lowest BCUT2D eigenvalue weighted by atomic mass is 9.93. The van der Waals surface area contributed by atoms with Gasteiger partial charge in [-0.1, -0.05) is 61.9 Å². The Morgan fingerprint density at radius 3 is 2.20 bits per heavy atom. The maximum absolute atomic E-state index is 12.7. The standard InChI is InChI=1S/C20H19F3O2/c1-2-3-9-17(18(24)14-7-5-4-6-8-14)19(25)15-10-12-16(13-11-15)20(21,22)23/h4-13,19,25H,2-3H2,1H3/b17-9+. The van der Waals surface area contributed by atoms with Crippen LogP contribution in [0.4, 0.5) is 13.2 Å². The quantitative estimate of drug-likeness (QED) is 0.564. The number of hydrogen-bond acceptors (Lipinski definition) is 2. The molecule has 25 heavy (non-hydrogen) atoms. The molecule has 0 aliphatic rings. The second-order valence-corrected chi connectivity index (χ2v) is 5.67. The summed E-state index contributed by atoms with van der Waals surface area (Å²) in [6, 6.07) is 12.7. The fraction of sp³-hybridized carbons (Fsp3) is 0.250. The molecule has 1 unspecified atom stereocenters. The Morgan fingerprint density at radius 2 is 1.68 bits per heavy atom. The van der Waals surface area contributed by atoms with Gasteiger partial charge in [-0.15, -0.1) is 0 Å². The van der Waals surface area contributed by atoms with Crippen molar-refractivity contribution in [3.63, 3.8) is 0 Å². The van der Waals surface area contributed by atoms with E-state index in [9.17, 15) is 23.1 Å². The van der Waals surface area contributed by atoms with E-state index >= 15 is 0 Å². The van der Waals surface area contributed by atoms with E-state index in [0.717, 1.165) is 18.6 Å². The van der Waals surface area contributed by atoms with Crippen LogP contribution in [0.5, 0.6) is 0 Å². The smallest absolute Gasteiger partial charge is 0.384 e. The fourth-order valence-electron chi connectivity index (χ4n) is 2.42. The number of unbranched alkanes of at least 4 members (excludes halogenated alkanes) is 1. The predicted octanol–water partition coefficient (Wildman–Crippen LogP) is 5.35. The molecule has 0 spiro atoms. The number of carbonyl (C=O) groups is 1. The molecule has 0 aromatic heterocycles. The topological polar surface area (TPSA) is 37.3 Å². The molecule has 0 aliphatic carbocycles. The van der Waals surface area contributed by atoms with Crippen molar-refractivity contribution in [3.8, 4) is 0 Å². The zero-order valence-electron chi connectivity index (χ0n) is 13.8. The van der Waals surface area contributed by atoms with Crippen molar-refractivity contribution >= 4 is 5.78 Å². The first-order valence-electron chi connectivity index (χ1n) is 7.99. The average molecular weight is 348 g/mol. The molecular formula is C20H19F3O2. The van der Waals surface area contributed by atoms with Crippen molar-refractivity contribution in [2.75, 3.05) is 0 Å². The molecule has 0 radical (unpaired) electrons. The Labute approximate surface area is 144 Å². The van der Waals surface area contributed by atoms with Gasteiger partial charge in [-0.2, -0.15) is 13.2 Å². The third-order valence-electron chi connectivity index (χ3n) is 3.80. The number of Topliss-reactive ketones (excluding diaryl/α,β-unsaturated/α-hetero) is 1. The van der Waals surface area contributed by atoms with Crippen LogP contribution in [0.2, 0.25) is 0 Å². The first-order chi connectivity index (χ1) is 11.8. The van der Waals surface area contributed by atoms with Gasteiger partial charge >= 0.3 is 6.18 Å². The molecule has 2 aromatic carbocycles. The fourth-order valence-corrected chi connectivity index (χ4v) is 2.42. The summed E-state index contributed by atoms with van der Waals surface area (Å²) in [6.07, 6.45) is -2.69. The number of aliphatic hydroxyl groups excluding tert-OH is 1. The summed E-state index contributed by atoms with van der Waals surface area (Å²) in [5.74, 6) is -0.332. The highest BCUT2D eigenvalue weighted by molar-refractivity contribution is 6.09. The third-order valence-corrected chi connectivity index (χ3v) is 3.80. The van der Waals surface area contributed by atoms with Gasteiger partial charge in [-0.25, -0.2) is 0 Å². The van der Waals surface area contributed by atoms with Crippen molar-refractivity contribution in [2.45, 2.75) is 32.0 Å². The van der Waals surface area contributed by atoms with Crippen LogP contribution in [0.1, 0.15) is 47.4 Å². The van der Waals surface area contributed by atoms with Crippen molar-refractivity contribution in [1.82, 2.24) is 0 Å². The van der Waals surface area contributed by atoms with Gasteiger partial charge in [0.1, 0.15) is 6.10 Å². The van der Waals surface area contributed by atoms with Crippen molar-refractivity contribution < 1.29 is 23.1 Å². The summed E-state index contributed by atoms with van der Waals surface area (Å²) in [5, 5.41) is 10.6. The molecule has 0 aliphatic heterocycles. The molecule has 0 saturated heterocycles. The molecule has 0 amide bonds. The SMILES string of the molecule is CCC/C=C(\C(=O)c1ccccc1)C(O)c1ccc(C(F)(F)F)cc1. The Kier molecular flexibility index (Phi) is 6.15. The minimum Gasteiger partial charge on any atom is -0.384 e. The number of allylic oxidation sites excluding steroid dienone is 1. The summed E-state index contributed by atoms with van der Waals surface area (Å²) in [6.45, 7) is 1.94. The highest BCUT2D eigenvalue weighted by atomic mass is 19.4. The molecule has 2 rings (SSSR count). The van der Waals surface area contributed by atoms with Crippen LogP contribution < -0.4 is 0 Å². The van der Waals surface area contributed by atoms with Crippen LogP contribution in [-0.2, 0) is 6.18 Å². The number of benzene rings is 2. The summed E-state index contributed by atoms with van der Waals surface area (Å²) >= 11 is 0. The number of rotatable bonds is 6. The molecule has 132 valence electrons. The Bertz CT molecular complexity index is 732. The molecule has 0 bridgehead atoms. The maximum Gasteiger partial charge on any atom is 0.416 e. The molecule has 0 fully saturated rings. The van der Waals surface area contributed by atoms with E-state index in [1.54, 1.807) is 36.4 Å². The zero-order chi connectivity index (χ0) is 18.4. The van der Waals surface area contributed by atoms with E-state index in [-0.39, 0.29) is 16.9 Å². The van der Waals surface area contributed by atoms with Crippen molar-refractivity contribution in [3.05, 3.63) is 82.9 Å². The van der Waals surface area contributed by atoms with E-state index in [0.29, 0.717) is 12.0 Å². The van der Waals surface area contributed by atoms with Gasteiger partial charge < -0.3 is 5.11 Å². The van der Waals surface area contributed by atoms with Gasteiger partial charge in [0.15, 0.2) is 5.78 Å². The van der Waals surface area contributed by atoms with Crippen LogP contribution in [0, 0.1) is 0 Å². The van der Waals surface area contributed by atoms with Gasteiger partial charge in [0.25, 0.3) is 0 Å². The van der Waals surface area contributed by atoms with Crippen LogP contribution in [0.25, 0.3) is 0 Å². The number of ketones is 1. The largest absolute Gasteiger partial charge is 0.416 e. The second kappa shape index (κ2) is 8.12. The first-order valence-corrected chi connectivity index (χ1v) is 7.99. The molecule has 0 heterocycles. The van der Waals surface area contributed by atoms with Gasteiger partial charge in [0, 0.05) is 11.1 Å². The zero-order valence-corrected chi connectivity index (χ0v) is 13.8. The van der Waals surface area contributed by atoms with Crippen LogP contribution in [-0.4, -0.2) is 10.9 Å². The van der Waals surface area contributed by atoms with E-state index in [1.165, 1.54) is 12.1 Å². The number of aliphatic hydroxyl groups is 1. The molecular weight excluding hydrogens is 329 g/mol. The Balaban J connectivity index is 2.33. The van der Waals surface area contributed by atoms with Gasteiger partial charge in [0.2, 0.25) is 0 Å². The van der Waals surface area contributed by atoms with E-state index in [2.05, 4.69) is 0 Å². The molecule has 2 nitrogen and oxygen atoms in total.